The lowest BCUT2D eigenvalue weighted by Crippen LogP contribution is -2.30. The Labute approximate surface area is 99.7 Å². The molecule has 1 N–H and O–H groups in total. The van der Waals surface area contributed by atoms with Crippen molar-refractivity contribution in [2.75, 3.05) is 18.1 Å². The first-order valence-corrected chi connectivity index (χ1v) is 6.95. The summed E-state index contributed by atoms with van der Waals surface area (Å²) in [5.74, 6) is 0.596. The molecule has 5 heteroatoms. The number of hydrogen-bond acceptors (Lipinski definition) is 4. The molecule has 2 rings (SSSR count). The summed E-state index contributed by atoms with van der Waals surface area (Å²) in [6.45, 7) is 2.69. The van der Waals surface area contributed by atoms with Crippen molar-refractivity contribution in [3.63, 3.8) is 0 Å². The number of hydrogen-bond donors (Lipinski definition) is 1. The van der Waals surface area contributed by atoms with E-state index in [1.165, 1.54) is 0 Å². The second-order valence-electron chi connectivity index (χ2n) is 4.32. The van der Waals surface area contributed by atoms with Crippen LogP contribution in [0.1, 0.15) is 19.8 Å². The van der Waals surface area contributed by atoms with E-state index >= 15 is 0 Å². The van der Waals surface area contributed by atoms with Gasteiger partial charge in [0.25, 0.3) is 0 Å². The predicted octanol–water partition coefficient (Wildman–Crippen LogP) is 1.39. The first-order valence-electron chi connectivity index (χ1n) is 5.80. The van der Waals surface area contributed by atoms with Gasteiger partial charge in [-0.3, -0.25) is 4.79 Å². The highest BCUT2D eigenvalue weighted by Gasteiger charge is 2.48. The van der Waals surface area contributed by atoms with Crippen LogP contribution in [-0.4, -0.2) is 47.5 Å². The molecule has 0 aliphatic carbocycles. The molecule has 92 valence electrons. The van der Waals surface area contributed by atoms with Crippen molar-refractivity contribution in [3.8, 4) is 0 Å². The molecule has 2 fully saturated rings. The van der Waals surface area contributed by atoms with Gasteiger partial charge in [-0.15, -0.1) is 0 Å². The van der Waals surface area contributed by atoms with Crippen LogP contribution in [0.2, 0.25) is 0 Å². The zero-order valence-electron chi connectivity index (χ0n) is 9.43. The van der Waals surface area contributed by atoms with Crippen molar-refractivity contribution in [2.45, 2.75) is 38.1 Å². The Morgan fingerprint density at radius 3 is 3.12 bits per heavy atom. The Morgan fingerprint density at radius 2 is 2.44 bits per heavy atom. The standard InChI is InChI=1S/C11H18O4S/c1-2-7(11(12)13)5-16-6-9-10-8(15-10)3-4-14-9/h7-10H,2-6H2,1H3,(H,12,13). The second kappa shape index (κ2) is 5.38. The van der Waals surface area contributed by atoms with Gasteiger partial charge in [-0.25, -0.2) is 0 Å². The van der Waals surface area contributed by atoms with Gasteiger partial charge in [0.05, 0.1) is 18.1 Å². The van der Waals surface area contributed by atoms with Gasteiger partial charge < -0.3 is 14.6 Å². The molecule has 0 aromatic rings. The van der Waals surface area contributed by atoms with Gasteiger partial charge in [0.2, 0.25) is 0 Å². The number of carbonyl (C=O) groups is 1. The summed E-state index contributed by atoms with van der Waals surface area (Å²) in [4.78, 5) is 10.8. The number of ether oxygens (including phenoxy) is 2. The molecule has 0 radical (unpaired) electrons. The van der Waals surface area contributed by atoms with Crippen molar-refractivity contribution < 1.29 is 19.4 Å². The predicted molar refractivity (Wildman–Crippen MR) is 61.8 cm³/mol. The first kappa shape index (κ1) is 12.2. The van der Waals surface area contributed by atoms with Crippen LogP contribution >= 0.6 is 11.8 Å². The van der Waals surface area contributed by atoms with Crippen molar-refractivity contribution in [2.24, 2.45) is 5.92 Å². The molecule has 0 bridgehead atoms. The Balaban J connectivity index is 1.65. The molecule has 4 unspecified atom stereocenters. The Kier molecular flexibility index (Phi) is 4.10. The zero-order chi connectivity index (χ0) is 11.5. The highest BCUT2D eigenvalue weighted by atomic mass is 32.2. The summed E-state index contributed by atoms with van der Waals surface area (Å²) in [6.07, 6.45) is 2.58. The quantitative estimate of drug-likeness (QED) is 0.718. The number of aliphatic carboxylic acids is 1. The molecule has 2 aliphatic rings. The molecular weight excluding hydrogens is 228 g/mol. The minimum absolute atomic E-state index is 0.176. The lowest BCUT2D eigenvalue weighted by molar-refractivity contribution is -0.140. The summed E-state index contributed by atoms with van der Waals surface area (Å²) in [5, 5.41) is 8.90. The van der Waals surface area contributed by atoms with Crippen LogP contribution in [0.15, 0.2) is 0 Å². The monoisotopic (exact) mass is 246 g/mol. The van der Waals surface area contributed by atoms with Gasteiger partial charge in [0, 0.05) is 18.1 Å². The number of carboxylic acid groups (broad SMARTS) is 1. The fourth-order valence-electron chi connectivity index (χ4n) is 1.98. The van der Waals surface area contributed by atoms with Crippen LogP contribution in [0.25, 0.3) is 0 Å². The van der Waals surface area contributed by atoms with Crippen LogP contribution < -0.4 is 0 Å². The van der Waals surface area contributed by atoms with Crippen molar-refractivity contribution in [3.05, 3.63) is 0 Å². The number of fused-ring (bicyclic) bond motifs is 1. The Hall–Kier alpha value is -0.260. The van der Waals surface area contributed by atoms with Gasteiger partial charge in [0.1, 0.15) is 6.10 Å². The molecule has 4 nitrogen and oxygen atoms in total. The normalized spacial score (nSPS) is 34.2. The van der Waals surface area contributed by atoms with Gasteiger partial charge in [-0.1, -0.05) is 6.92 Å². The van der Waals surface area contributed by atoms with E-state index in [1.54, 1.807) is 11.8 Å². The third kappa shape index (κ3) is 2.90. The van der Waals surface area contributed by atoms with E-state index in [9.17, 15) is 4.79 Å². The molecule has 0 saturated carbocycles. The molecule has 2 aliphatic heterocycles. The number of epoxide rings is 1. The van der Waals surface area contributed by atoms with E-state index in [4.69, 9.17) is 14.6 Å². The van der Waals surface area contributed by atoms with E-state index in [2.05, 4.69) is 0 Å². The van der Waals surface area contributed by atoms with Crippen molar-refractivity contribution >= 4 is 17.7 Å². The molecular formula is C11H18O4S. The van der Waals surface area contributed by atoms with Crippen LogP contribution in [0, 0.1) is 5.92 Å². The molecule has 2 heterocycles. The molecule has 16 heavy (non-hydrogen) atoms. The lowest BCUT2D eigenvalue weighted by atomic mass is 10.1. The Bertz CT molecular complexity index is 258. The van der Waals surface area contributed by atoms with Gasteiger partial charge in [-0.05, 0) is 12.8 Å². The molecule has 0 aromatic heterocycles. The fourth-order valence-corrected chi connectivity index (χ4v) is 3.30. The minimum Gasteiger partial charge on any atom is -0.481 e. The first-order chi connectivity index (χ1) is 7.72. The topological polar surface area (TPSA) is 59.1 Å². The molecule has 0 amide bonds. The van der Waals surface area contributed by atoms with Crippen LogP contribution in [-0.2, 0) is 14.3 Å². The highest BCUT2D eigenvalue weighted by Crippen LogP contribution is 2.35. The van der Waals surface area contributed by atoms with Gasteiger partial charge >= 0.3 is 5.97 Å². The van der Waals surface area contributed by atoms with Crippen LogP contribution in [0.3, 0.4) is 0 Å². The third-order valence-corrected chi connectivity index (χ3v) is 4.37. The summed E-state index contributed by atoms with van der Waals surface area (Å²) < 4.78 is 11.1. The van der Waals surface area contributed by atoms with Crippen molar-refractivity contribution in [1.29, 1.82) is 0 Å². The maximum atomic E-state index is 10.8. The lowest BCUT2D eigenvalue weighted by Gasteiger charge is -2.19. The summed E-state index contributed by atoms with van der Waals surface area (Å²) in [6, 6.07) is 0. The zero-order valence-corrected chi connectivity index (χ0v) is 10.2. The Morgan fingerprint density at radius 1 is 1.62 bits per heavy atom. The van der Waals surface area contributed by atoms with E-state index in [1.807, 2.05) is 6.92 Å². The minimum atomic E-state index is -0.694. The molecule has 0 aromatic carbocycles. The van der Waals surface area contributed by atoms with Crippen molar-refractivity contribution in [1.82, 2.24) is 0 Å². The maximum Gasteiger partial charge on any atom is 0.307 e. The molecule has 2 saturated heterocycles. The van der Waals surface area contributed by atoms with E-state index in [-0.39, 0.29) is 18.1 Å². The highest BCUT2D eigenvalue weighted by molar-refractivity contribution is 7.99. The summed E-state index contributed by atoms with van der Waals surface area (Å²) in [5.41, 5.74) is 0. The fraction of sp³-hybridized carbons (Fsp3) is 0.909. The van der Waals surface area contributed by atoms with E-state index in [0.29, 0.717) is 18.3 Å². The van der Waals surface area contributed by atoms with Crippen LogP contribution in [0.5, 0.6) is 0 Å². The largest absolute Gasteiger partial charge is 0.481 e. The number of carboxylic acids is 1. The number of rotatable bonds is 6. The van der Waals surface area contributed by atoms with Gasteiger partial charge in [0.15, 0.2) is 0 Å². The summed E-state index contributed by atoms with van der Waals surface area (Å²) >= 11 is 1.67. The average molecular weight is 246 g/mol. The smallest absolute Gasteiger partial charge is 0.307 e. The SMILES string of the molecule is CCC(CSCC1OCCC2OC12)C(=O)O. The van der Waals surface area contributed by atoms with Crippen LogP contribution in [0.4, 0.5) is 0 Å². The third-order valence-electron chi connectivity index (χ3n) is 3.17. The maximum absolute atomic E-state index is 10.8. The average Bonchev–Trinajstić information content (AvgIpc) is 3.03. The summed E-state index contributed by atoms with van der Waals surface area (Å²) in [7, 11) is 0. The molecule has 0 spiro atoms. The van der Waals surface area contributed by atoms with E-state index < -0.39 is 5.97 Å². The van der Waals surface area contributed by atoms with E-state index in [0.717, 1.165) is 18.8 Å². The molecule has 4 atom stereocenters. The van der Waals surface area contributed by atoms with Gasteiger partial charge in [-0.2, -0.15) is 11.8 Å². The number of thioether (sulfide) groups is 1. The second-order valence-corrected chi connectivity index (χ2v) is 5.39.